The molecular formula is C18H21N3. The zero-order valence-electron chi connectivity index (χ0n) is 12.4. The lowest BCUT2D eigenvalue weighted by atomic mass is 10.0. The van der Waals surface area contributed by atoms with Crippen LogP contribution in [0.4, 0.5) is 0 Å². The SMILES string of the molecule is CCN1CCN=C1NCc1ccc(-c2ccccc2)cc1. The van der Waals surface area contributed by atoms with Gasteiger partial charge in [-0.15, -0.1) is 0 Å². The second-order valence-electron chi connectivity index (χ2n) is 5.20. The number of hydrogen-bond donors (Lipinski definition) is 1. The predicted molar refractivity (Wildman–Crippen MR) is 88.3 cm³/mol. The number of likely N-dealkylation sites (N-methyl/N-ethyl adjacent to an activating group) is 1. The van der Waals surface area contributed by atoms with Gasteiger partial charge in [0.15, 0.2) is 5.96 Å². The van der Waals surface area contributed by atoms with Crippen LogP contribution >= 0.6 is 0 Å². The first-order valence-corrected chi connectivity index (χ1v) is 7.54. The second kappa shape index (κ2) is 6.44. The number of nitrogens with zero attached hydrogens (tertiary/aromatic N) is 2. The molecule has 0 amide bonds. The maximum atomic E-state index is 4.50. The molecule has 0 bridgehead atoms. The fraction of sp³-hybridized carbons (Fsp3) is 0.278. The summed E-state index contributed by atoms with van der Waals surface area (Å²) in [4.78, 5) is 6.78. The summed E-state index contributed by atoms with van der Waals surface area (Å²) in [5, 5.41) is 3.43. The minimum Gasteiger partial charge on any atom is -0.352 e. The molecule has 0 unspecified atom stereocenters. The minimum atomic E-state index is 0.824. The fourth-order valence-electron chi connectivity index (χ4n) is 2.58. The van der Waals surface area contributed by atoms with Gasteiger partial charge in [-0.25, -0.2) is 0 Å². The molecule has 0 fully saturated rings. The molecular weight excluding hydrogens is 258 g/mol. The van der Waals surface area contributed by atoms with E-state index >= 15 is 0 Å². The van der Waals surface area contributed by atoms with Crippen LogP contribution in [0.3, 0.4) is 0 Å². The molecule has 0 saturated carbocycles. The van der Waals surface area contributed by atoms with Crippen LogP contribution in [0.1, 0.15) is 12.5 Å². The highest BCUT2D eigenvalue weighted by molar-refractivity contribution is 5.81. The van der Waals surface area contributed by atoms with Crippen molar-refractivity contribution in [1.29, 1.82) is 0 Å². The molecule has 0 atom stereocenters. The Morgan fingerprint density at radius 3 is 2.43 bits per heavy atom. The normalized spacial score (nSPS) is 14.1. The number of nitrogens with one attached hydrogen (secondary N) is 1. The molecule has 1 aliphatic heterocycles. The van der Waals surface area contributed by atoms with Gasteiger partial charge in [0.2, 0.25) is 0 Å². The Labute approximate surface area is 126 Å². The molecule has 2 aromatic rings. The summed E-state index contributed by atoms with van der Waals surface area (Å²) in [6.07, 6.45) is 0. The third-order valence-electron chi connectivity index (χ3n) is 3.82. The molecule has 0 aliphatic carbocycles. The maximum absolute atomic E-state index is 4.50. The van der Waals surface area contributed by atoms with Gasteiger partial charge in [0.25, 0.3) is 0 Å². The van der Waals surface area contributed by atoms with Crippen LogP contribution in [0, 0.1) is 0 Å². The summed E-state index contributed by atoms with van der Waals surface area (Å²) in [7, 11) is 0. The van der Waals surface area contributed by atoms with E-state index in [9.17, 15) is 0 Å². The molecule has 3 nitrogen and oxygen atoms in total. The number of rotatable bonds is 4. The quantitative estimate of drug-likeness (QED) is 0.931. The largest absolute Gasteiger partial charge is 0.352 e. The van der Waals surface area contributed by atoms with E-state index in [1.54, 1.807) is 0 Å². The van der Waals surface area contributed by atoms with E-state index in [-0.39, 0.29) is 0 Å². The van der Waals surface area contributed by atoms with Gasteiger partial charge in [-0.1, -0.05) is 54.6 Å². The molecule has 1 heterocycles. The van der Waals surface area contributed by atoms with Gasteiger partial charge in [-0.3, -0.25) is 4.99 Å². The molecule has 0 spiro atoms. The number of hydrogen-bond acceptors (Lipinski definition) is 3. The van der Waals surface area contributed by atoms with Gasteiger partial charge in [0.05, 0.1) is 6.54 Å². The number of aliphatic imine (C=N–C) groups is 1. The Bertz CT molecular complexity index is 602. The van der Waals surface area contributed by atoms with E-state index in [2.05, 4.69) is 70.7 Å². The molecule has 3 heteroatoms. The third-order valence-corrected chi connectivity index (χ3v) is 3.82. The Balaban J connectivity index is 1.63. The first kappa shape index (κ1) is 13.7. The van der Waals surface area contributed by atoms with Crippen molar-refractivity contribution in [3.05, 3.63) is 60.2 Å². The lowest BCUT2D eigenvalue weighted by Crippen LogP contribution is -2.37. The van der Waals surface area contributed by atoms with Crippen LogP contribution in [0.5, 0.6) is 0 Å². The van der Waals surface area contributed by atoms with Gasteiger partial charge < -0.3 is 10.2 Å². The molecule has 2 aromatic carbocycles. The average Bonchev–Trinajstić information content (AvgIpc) is 3.02. The average molecular weight is 279 g/mol. The van der Waals surface area contributed by atoms with Crippen LogP contribution in [-0.2, 0) is 6.54 Å². The summed E-state index contributed by atoms with van der Waals surface area (Å²) in [5.74, 6) is 1.03. The van der Waals surface area contributed by atoms with Crippen LogP contribution in [0.15, 0.2) is 59.6 Å². The molecule has 0 aromatic heterocycles. The molecule has 0 saturated heterocycles. The first-order valence-electron chi connectivity index (χ1n) is 7.54. The summed E-state index contributed by atoms with van der Waals surface area (Å²) in [6, 6.07) is 19.2. The predicted octanol–water partition coefficient (Wildman–Crippen LogP) is 3.13. The Morgan fingerprint density at radius 2 is 1.71 bits per heavy atom. The van der Waals surface area contributed by atoms with Crippen molar-refractivity contribution in [3.63, 3.8) is 0 Å². The molecule has 21 heavy (non-hydrogen) atoms. The highest BCUT2D eigenvalue weighted by Crippen LogP contribution is 2.19. The van der Waals surface area contributed by atoms with Crippen LogP contribution < -0.4 is 5.32 Å². The Morgan fingerprint density at radius 1 is 1.00 bits per heavy atom. The van der Waals surface area contributed by atoms with Crippen molar-refractivity contribution in [2.75, 3.05) is 19.6 Å². The van der Waals surface area contributed by atoms with E-state index in [1.807, 2.05) is 6.07 Å². The zero-order valence-corrected chi connectivity index (χ0v) is 12.4. The molecule has 1 N–H and O–H groups in total. The molecule has 0 radical (unpaired) electrons. The lowest BCUT2D eigenvalue weighted by Gasteiger charge is -2.18. The van der Waals surface area contributed by atoms with E-state index in [4.69, 9.17) is 0 Å². The van der Waals surface area contributed by atoms with Crippen molar-refractivity contribution >= 4 is 5.96 Å². The molecule has 3 rings (SSSR count). The van der Waals surface area contributed by atoms with Gasteiger partial charge in [0.1, 0.15) is 0 Å². The second-order valence-corrected chi connectivity index (χ2v) is 5.20. The fourth-order valence-corrected chi connectivity index (χ4v) is 2.58. The summed E-state index contributed by atoms with van der Waals surface area (Å²) in [6.45, 7) is 5.94. The van der Waals surface area contributed by atoms with Gasteiger partial charge in [0, 0.05) is 19.6 Å². The van der Waals surface area contributed by atoms with E-state index < -0.39 is 0 Å². The van der Waals surface area contributed by atoms with Gasteiger partial charge >= 0.3 is 0 Å². The Hall–Kier alpha value is -2.29. The highest BCUT2D eigenvalue weighted by atomic mass is 15.3. The summed E-state index contributed by atoms with van der Waals surface area (Å²) < 4.78 is 0. The van der Waals surface area contributed by atoms with E-state index in [0.717, 1.165) is 32.1 Å². The Kier molecular flexibility index (Phi) is 4.20. The van der Waals surface area contributed by atoms with E-state index in [1.165, 1.54) is 16.7 Å². The molecule has 1 aliphatic rings. The van der Waals surface area contributed by atoms with Gasteiger partial charge in [-0.05, 0) is 23.6 Å². The highest BCUT2D eigenvalue weighted by Gasteiger charge is 2.13. The summed E-state index contributed by atoms with van der Waals surface area (Å²) >= 11 is 0. The number of guanidine groups is 1. The van der Waals surface area contributed by atoms with Crippen molar-refractivity contribution in [1.82, 2.24) is 10.2 Å². The lowest BCUT2D eigenvalue weighted by molar-refractivity contribution is 0.466. The van der Waals surface area contributed by atoms with Crippen LogP contribution in [0.2, 0.25) is 0 Å². The molecule has 108 valence electrons. The topological polar surface area (TPSA) is 27.6 Å². The monoisotopic (exact) mass is 279 g/mol. The van der Waals surface area contributed by atoms with Crippen molar-refractivity contribution < 1.29 is 0 Å². The zero-order chi connectivity index (χ0) is 14.5. The minimum absolute atomic E-state index is 0.824. The maximum Gasteiger partial charge on any atom is 0.194 e. The van der Waals surface area contributed by atoms with Crippen molar-refractivity contribution in [2.45, 2.75) is 13.5 Å². The smallest absolute Gasteiger partial charge is 0.194 e. The summed E-state index contributed by atoms with van der Waals surface area (Å²) in [5.41, 5.74) is 3.79. The van der Waals surface area contributed by atoms with Gasteiger partial charge in [-0.2, -0.15) is 0 Å². The van der Waals surface area contributed by atoms with Crippen LogP contribution in [0.25, 0.3) is 11.1 Å². The number of benzene rings is 2. The van der Waals surface area contributed by atoms with Crippen molar-refractivity contribution in [2.24, 2.45) is 4.99 Å². The first-order chi connectivity index (χ1) is 10.4. The van der Waals surface area contributed by atoms with E-state index in [0.29, 0.717) is 0 Å². The van der Waals surface area contributed by atoms with Crippen molar-refractivity contribution in [3.8, 4) is 11.1 Å². The van der Waals surface area contributed by atoms with Crippen LogP contribution in [-0.4, -0.2) is 30.5 Å². The third kappa shape index (κ3) is 3.24. The standard InChI is InChI=1S/C18H21N3/c1-2-21-13-12-19-18(21)20-14-15-8-10-17(11-9-15)16-6-4-3-5-7-16/h3-11H,2,12-14H2,1H3,(H,19,20).